The molecule has 0 bridgehead atoms. The van der Waals surface area contributed by atoms with Crippen LogP contribution >= 0.6 is 0 Å². The summed E-state index contributed by atoms with van der Waals surface area (Å²) >= 11 is 0. The number of ether oxygens (including phenoxy) is 1. The highest BCUT2D eigenvalue weighted by atomic mass is 16.5. The quantitative estimate of drug-likeness (QED) is 0.922. The Morgan fingerprint density at radius 1 is 1.32 bits per heavy atom. The van der Waals surface area contributed by atoms with E-state index in [2.05, 4.69) is 15.3 Å². The lowest BCUT2D eigenvalue weighted by Crippen LogP contribution is -2.45. The molecule has 1 fully saturated rings. The summed E-state index contributed by atoms with van der Waals surface area (Å²) in [6.45, 7) is 4.89. The molecule has 2 amide bonds. The Morgan fingerprint density at radius 3 is 2.86 bits per heavy atom. The lowest BCUT2D eigenvalue weighted by molar-refractivity contribution is 0.0531. The third-order valence-electron chi connectivity index (χ3n) is 3.62. The summed E-state index contributed by atoms with van der Waals surface area (Å²) in [7, 11) is 0. The van der Waals surface area contributed by atoms with E-state index in [0.717, 1.165) is 17.2 Å². The zero-order valence-electron chi connectivity index (χ0n) is 12.5. The van der Waals surface area contributed by atoms with Gasteiger partial charge in [-0.1, -0.05) is 0 Å². The lowest BCUT2D eigenvalue weighted by atomic mass is 10.2. The van der Waals surface area contributed by atoms with Gasteiger partial charge < -0.3 is 15.0 Å². The molecule has 3 heterocycles. The van der Waals surface area contributed by atoms with Gasteiger partial charge >= 0.3 is 6.03 Å². The number of carbonyl (C=O) groups is 1. The smallest absolute Gasteiger partial charge is 0.317 e. The molecule has 0 aliphatic carbocycles. The molecule has 0 unspecified atom stereocenters. The molecule has 1 aliphatic heterocycles. The fourth-order valence-corrected chi connectivity index (χ4v) is 2.38. The Bertz CT molecular complexity index is 649. The first-order chi connectivity index (χ1) is 10.7. The number of hydrogen-bond acceptors (Lipinski definition) is 4. The average molecular weight is 301 g/mol. The molecule has 22 heavy (non-hydrogen) atoms. The van der Waals surface area contributed by atoms with Gasteiger partial charge in [-0.2, -0.15) is 0 Å². The number of hydrogen-bond donors (Lipinski definition) is 1. The summed E-state index contributed by atoms with van der Waals surface area (Å²) in [6.07, 6.45) is 5.35. The van der Waals surface area contributed by atoms with Gasteiger partial charge in [0, 0.05) is 38.2 Å². The van der Waals surface area contributed by atoms with Crippen LogP contribution < -0.4 is 5.32 Å². The van der Waals surface area contributed by atoms with E-state index >= 15 is 0 Å². The number of carbonyl (C=O) groups excluding carboxylic acids is 1. The number of amides is 2. The number of nitrogens with zero attached hydrogens (tertiary/aromatic N) is 4. The molecule has 116 valence electrons. The van der Waals surface area contributed by atoms with Gasteiger partial charge in [0.25, 0.3) is 0 Å². The van der Waals surface area contributed by atoms with Crippen molar-refractivity contribution in [2.24, 2.45) is 0 Å². The van der Waals surface area contributed by atoms with Crippen molar-refractivity contribution in [2.75, 3.05) is 26.3 Å². The molecule has 0 radical (unpaired) electrons. The van der Waals surface area contributed by atoms with Crippen molar-refractivity contribution in [3.8, 4) is 5.82 Å². The van der Waals surface area contributed by atoms with Gasteiger partial charge in [-0.3, -0.25) is 4.57 Å². The third kappa shape index (κ3) is 3.25. The molecule has 1 aliphatic rings. The van der Waals surface area contributed by atoms with Crippen LogP contribution in [-0.2, 0) is 11.3 Å². The van der Waals surface area contributed by atoms with Crippen molar-refractivity contribution in [3.63, 3.8) is 0 Å². The van der Waals surface area contributed by atoms with E-state index in [9.17, 15) is 4.79 Å². The number of aromatic nitrogens is 3. The second kappa shape index (κ2) is 6.57. The van der Waals surface area contributed by atoms with Gasteiger partial charge in [-0.05, 0) is 24.6 Å². The van der Waals surface area contributed by atoms with E-state index in [1.807, 2.05) is 29.8 Å². The number of aryl methyl sites for hydroxylation is 1. The summed E-state index contributed by atoms with van der Waals surface area (Å²) in [5.74, 6) is 1.68. The van der Waals surface area contributed by atoms with Gasteiger partial charge in [0.05, 0.1) is 13.2 Å². The molecule has 1 N–H and O–H groups in total. The monoisotopic (exact) mass is 301 g/mol. The second-order valence-corrected chi connectivity index (χ2v) is 5.12. The third-order valence-corrected chi connectivity index (χ3v) is 3.62. The van der Waals surface area contributed by atoms with Crippen LogP contribution in [0.4, 0.5) is 4.79 Å². The van der Waals surface area contributed by atoms with Crippen LogP contribution in [0.3, 0.4) is 0 Å². The summed E-state index contributed by atoms with van der Waals surface area (Å²) in [4.78, 5) is 22.4. The van der Waals surface area contributed by atoms with E-state index in [-0.39, 0.29) is 6.03 Å². The highest BCUT2D eigenvalue weighted by Crippen LogP contribution is 2.09. The van der Waals surface area contributed by atoms with Crippen LogP contribution in [0.15, 0.2) is 30.7 Å². The average Bonchev–Trinajstić information content (AvgIpc) is 3.00. The zero-order valence-corrected chi connectivity index (χ0v) is 12.5. The van der Waals surface area contributed by atoms with Crippen molar-refractivity contribution in [1.29, 1.82) is 0 Å². The van der Waals surface area contributed by atoms with Crippen LogP contribution in [0.25, 0.3) is 5.82 Å². The van der Waals surface area contributed by atoms with Gasteiger partial charge in [0.1, 0.15) is 11.6 Å². The van der Waals surface area contributed by atoms with Gasteiger partial charge in [0.2, 0.25) is 0 Å². The predicted octanol–water partition coefficient (Wildman–Crippen LogP) is 1.12. The van der Waals surface area contributed by atoms with Gasteiger partial charge in [0.15, 0.2) is 0 Å². The molecule has 3 rings (SSSR count). The fraction of sp³-hybridized carbons (Fsp3) is 0.400. The predicted molar refractivity (Wildman–Crippen MR) is 80.7 cm³/mol. The van der Waals surface area contributed by atoms with Crippen LogP contribution in [0.5, 0.6) is 0 Å². The molecule has 1 saturated heterocycles. The van der Waals surface area contributed by atoms with E-state index in [4.69, 9.17) is 4.74 Å². The highest BCUT2D eigenvalue weighted by Gasteiger charge is 2.16. The molecule has 0 spiro atoms. The largest absolute Gasteiger partial charge is 0.378 e. The Kier molecular flexibility index (Phi) is 4.34. The topological polar surface area (TPSA) is 72.3 Å². The van der Waals surface area contributed by atoms with Crippen LogP contribution in [0.1, 0.15) is 11.4 Å². The van der Waals surface area contributed by atoms with Crippen molar-refractivity contribution >= 4 is 6.03 Å². The minimum absolute atomic E-state index is 0.0551. The maximum absolute atomic E-state index is 12.1. The molecule has 0 atom stereocenters. The van der Waals surface area contributed by atoms with Gasteiger partial charge in [-0.15, -0.1) is 0 Å². The van der Waals surface area contributed by atoms with Crippen molar-refractivity contribution in [2.45, 2.75) is 13.5 Å². The van der Waals surface area contributed by atoms with Crippen LogP contribution in [0, 0.1) is 6.92 Å². The zero-order chi connectivity index (χ0) is 15.4. The van der Waals surface area contributed by atoms with Crippen molar-refractivity contribution in [1.82, 2.24) is 24.8 Å². The van der Waals surface area contributed by atoms with Crippen LogP contribution in [-0.4, -0.2) is 51.8 Å². The standard InChI is InChI=1S/C15H19N5O2/c1-12-16-4-5-20(12)14-10-13(2-3-17-14)11-18-15(21)19-6-8-22-9-7-19/h2-5,10H,6-9,11H2,1H3,(H,18,21). The van der Waals surface area contributed by atoms with Gasteiger partial charge in [-0.25, -0.2) is 14.8 Å². The summed E-state index contributed by atoms with van der Waals surface area (Å²) in [5.41, 5.74) is 1.000. The molecular weight excluding hydrogens is 282 g/mol. The van der Waals surface area contributed by atoms with Crippen molar-refractivity contribution < 1.29 is 9.53 Å². The lowest BCUT2D eigenvalue weighted by Gasteiger charge is -2.26. The second-order valence-electron chi connectivity index (χ2n) is 5.12. The van der Waals surface area contributed by atoms with E-state index in [1.165, 1.54) is 0 Å². The molecule has 7 nitrogen and oxygen atoms in total. The van der Waals surface area contributed by atoms with E-state index in [1.54, 1.807) is 17.3 Å². The Labute approximate surface area is 128 Å². The fourth-order valence-electron chi connectivity index (χ4n) is 2.38. The van der Waals surface area contributed by atoms with Crippen molar-refractivity contribution in [3.05, 3.63) is 42.1 Å². The first-order valence-corrected chi connectivity index (χ1v) is 7.30. The Balaban J connectivity index is 1.63. The minimum Gasteiger partial charge on any atom is -0.378 e. The summed E-state index contributed by atoms with van der Waals surface area (Å²) < 4.78 is 7.15. The van der Waals surface area contributed by atoms with E-state index < -0.39 is 0 Å². The normalized spacial score (nSPS) is 14.9. The number of morpholine rings is 1. The first-order valence-electron chi connectivity index (χ1n) is 7.30. The number of rotatable bonds is 3. The molecule has 2 aromatic rings. The number of pyridine rings is 1. The molecule has 2 aromatic heterocycles. The number of urea groups is 1. The highest BCUT2D eigenvalue weighted by molar-refractivity contribution is 5.74. The number of nitrogens with one attached hydrogen (secondary N) is 1. The Morgan fingerprint density at radius 2 is 2.14 bits per heavy atom. The Hall–Kier alpha value is -2.41. The first kappa shape index (κ1) is 14.5. The molecule has 7 heteroatoms. The maximum Gasteiger partial charge on any atom is 0.317 e. The minimum atomic E-state index is -0.0551. The van der Waals surface area contributed by atoms with E-state index in [0.29, 0.717) is 32.8 Å². The molecule has 0 saturated carbocycles. The maximum atomic E-state index is 12.1. The van der Waals surface area contributed by atoms with Crippen LogP contribution in [0.2, 0.25) is 0 Å². The summed E-state index contributed by atoms with van der Waals surface area (Å²) in [5, 5.41) is 2.93. The summed E-state index contributed by atoms with van der Waals surface area (Å²) in [6, 6.07) is 3.80. The SMILES string of the molecule is Cc1nccn1-c1cc(CNC(=O)N2CCOCC2)ccn1. The number of imidazole rings is 1. The molecule has 0 aromatic carbocycles. The molecular formula is C15H19N5O2.